The third-order valence-corrected chi connectivity index (χ3v) is 3.19. The van der Waals surface area contributed by atoms with E-state index in [2.05, 4.69) is 54.4 Å². The quantitative estimate of drug-likeness (QED) is 0.765. The summed E-state index contributed by atoms with van der Waals surface area (Å²) < 4.78 is 0. The predicted octanol–water partition coefficient (Wildman–Crippen LogP) is 3.72. The molecule has 0 saturated carbocycles. The Hall–Kier alpha value is -1.60. The Morgan fingerprint density at radius 1 is 1.18 bits per heavy atom. The lowest BCUT2D eigenvalue weighted by Gasteiger charge is -2.13. The Labute approximate surface area is 103 Å². The summed E-state index contributed by atoms with van der Waals surface area (Å²) >= 11 is 0. The van der Waals surface area contributed by atoms with Gasteiger partial charge in [0, 0.05) is 5.92 Å². The molecule has 0 aromatic heterocycles. The van der Waals surface area contributed by atoms with E-state index in [1.54, 1.807) is 0 Å². The summed E-state index contributed by atoms with van der Waals surface area (Å²) in [4.78, 5) is 0. The molecule has 0 aliphatic heterocycles. The number of rotatable bonds is 5. The van der Waals surface area contributed by atoms with Crippen LogP contribution in [0.4, 0.5) is 0 Å². The summed E-state index contributed by atoms with van der Waals surface area (Å²) in [5, 5.41) is 5.80. The number of nitrogens with one attached hydrogen (secondary N) is 1. The zero-order valence-electron chi connectivity index (χ0n) is 10.3. The first kappa shape index (κ1) is 11.9. The molecule has 2 aromatic carbocycles. The normalized spacial score (nSPS) is 12.5. The third kappa shape index (κ3) is 2.75. The minimum atomic E-state index is 0.437. The molecule has 0 aliphatic carbocycles. The molecule has 1 atom stereocenters. The Bertz CT molecular complexity index is 502. The topological polar surface area (TPSA) is 12.0 Å². The number of hydrogen-bond acceptors (Lipinski definition) is 1. The van der Waals surface area contributed by atoms with E-state index in [4.69, 9.17) is 0 Å². The van der Waals surface area contributed by atoms with Crippen molar-refractivity contribution >= 4 is 10.8 Å². The van der Waals surface area contributed by atoms with Gasteiger partial charge in [-0.2, -0.15) is 0 Å². The molecule has 1 nitrogen and oxygen atoms in total. The van der Waals surface area contributed by atoms with Crippen molar-refractivity contribution < 1.29 is 0 Å². The van der Waals surface area contributed by atoms with Crippen LogP contribution < -0.4 is 5.32 Å². The number of fused-ring (bicyclic) bond motifs is 1. The van der Waals surface area contributed by atoms with Crippen molar-refractivity contribution in [3.05, 3.63) is 60.7 Å². The van der Waals surface area contributed by atoms with Crippen LogP contribution >= 0.6 is 0 Å². The van der Waals surface area contributed by atoms with Crippen molar-refractivity contribution in [1.82, 2.24) is 5.32 Å². The molecule has 0 amide bonds. The molecule has 1 heteroatoms. The second-order valence-electron chi connectivity index (χ2n) is 4.34. The molecule has 17 heavy (non-hydrogen) atoms. The van der Waals surface area contributed by atoms with Gasteiger partial charge in [-0.15, -0.1) is 6.58 Å². The Morgan fingerprint density at radius 2 is 1.94 bits per heavy atom. The lowest BCUT2D eigenvalue weighted by Crippen LogP contribution is -2.11. The molecule has 0 radical (unpaired) electrons. The molecular weight excluding hydrogens is 206 g/mol. The van der Waals surface area contributed by atoms with Crippen molar-refractivity contribution in [2.24, 2.45) is 0 Å². The third-order valence-electron chi connectivity index (χ3n) is 3.19. The Kier molecular flexibility index (Phi) is 3.94. The molecule has 88 valence electrons. The molecule has 0 spiro atoms. The smallest absolute Gasteiger partial charge is 0.00275 e. The molecule has 2 aromatic rings. The van der Waals surface area contributed by atoms with Crippen molar-refractivity contribution in [2.45, 2.75) is 12.3 Å². The maximum absolute atomic E-state index is 3.94. The van der Waals surface area contributed by atoms with Crippen molar-refractivity contribution in [1.29, 1.82) is 0 Å². The van der Waals surface area contributed by atoms with Crippen molar-refractivity contribution in [2.75, 3.05) is 13.6 Å². The van der Waals surface area contributed by atoms with Gasteiger partial charge in [0.2, 0.25) is 0 Å². The lowest BCUT2D eigenvalue weighted by molar-refractivity contribution is 0.676. The maximum atomic E-state index is 3.94. The second kappa shape index (κ2) is 5.65. The van der Waals surface area contributed by atoms with E-state index < -0.39 is 0 Å². The van der Waals surface area contributed by atoms with Crippen LogP contribution in [0.25, 0.3) is 10.8 Å². The van der Waals surface area contributed by atoms with E-state index in [0.717, 1.165) is 13.0 Å². The van der Waals surface area contributed by atoms with Crippen LogP contribution in [-0.4, -0.2) is 13.6 Å². The minimum absolute atomic E-state index is 0.437. The SMILES string of the molecule is C=CC(CCNC)c1ccc2ccccc2c1. The van der Waals surface area contributed by atoms with Crippen LogP contribution in [0, 0.1) is 0 Å². The van der Waals surface area contributed by atoms with E-state index in [-0.39, 0.29) is 0 Å². The van der Waals surface area contributed by atoms with Gasteiger partial charge in [0.05, 0.1) is 0 Å². The molecule has 0 aliphatic rings. The summed E-state index contributed by atoms with van der Waals surface area (Å²) in [5.74, 6) is 0.437. The molecule has 0 saturated heterocycles. The highest BCUT2D eigenvalue weighted by atomic mass is 14.8. The highest BCUT2D eigenvalue weighted by Gasteiger charge is 2.07. The van der Waals surface area contributed by atoms with E-state index in [1.165, 1.54) is 16.3 Å². The van der Waals surface area contributed by atoms with Gasteiger partial charge in [0.25, 0.3) is 0 Å². The summed E-state index contributed by atoms with van der Waals surface area (Å²) in [6.45, 7) is 4.96. The van der Waals surface area contributed by atoms with Crippen molar-refractivity contribution in [3.8, 4) is 0 Å². The molecule has 1 N–H and O–H groups in total. The fourth-order valence-corrected chi connectivity index (χ4v) is 2.16. The van der Waals surface area contributed by atoms with Gasteiger partial charge in [-0.3, -0.25) is 0 Å². The van der Waals surface area contributed by atoms with Gasteiger partial charge in [-0.05, 0) is 36.3 Å². The van der Waals surface area contributed by atoms with Crippen LogP contribution in [0.2, 0.25) is 0 Å². The lowest BCUT2D eigenvalue weighted by atomic mass is 9.93. The highest BCUT2D eigenvalue weighted by Crippen LogP contribution is 2.24. The fraction of sp³-hybridized carbons (Fsp3) is 0.250. The maximum Gasteiger partial charge on any atom is 0.00275 e. The monoisotopic (exact) mass is 225 g/mol. The van der Waals surface area contributed by atoms with Gasteiger partial charge in [-0.1, -0.05) is 48.5 Å². The van der Waals surface area contributed by atoms with E-state index in [9.17, 15) is 0 Å². The van der Waals surface area contributed by atoms with Gasteiger partial charge in [0.1, 0.15) is 0 Å². The molecule has 1 unspecified atom stereocenters. The van der Waals surface area contributed by atoms with Crippen LogP contribution in [-0.2, 0) is 0 Å². The van der Waals surface area contributed by atoms with Gasteiger partial charge in [0.15, 0.2) is 0 Å². The number of benzene rings is 2. The van der Waals surface area contributed by atoms with Crippen molar-refractivity contribution in [3.63, 3.8) is 0 Å². The summed E-state index contributed by atoms with van der Waals surface area (Å²) in [6, 6.07) is 15.2. The molecule has 0 bridgehead atoms. The first-order valence-electron chi connectivity index (χ1n) is 6.11. The van der Waals surface area contributed by atoms with E-state index >= 15 is 0 Å². The van der Waals surface area contributed by atoms with Gasteiger partial charge in [-0.25, -0.2) is 0 Å². The number of allylic oxidation sites excluding steroid dienone is 1. The summed E-state index contributed by atoms with van der Waals surface area (Å²) in [6.07, 6.45) is 3.14. The molecule has 2 rings (SSSR count). The van der Waals surface area contributed by atoms with Crippen LogP contribution in [0.1, 0.15) is 17.9 Å². The second-order valence-corrected chi connectivity index (χ2v) is 4.34. The summed E-state index contributed by atoms with van der Waals surface area (Å²) in [7, 11) is 1.99. The Balaban J connectivity index is 2.30. The summed E-state index contributed by atoms with van der Waals surface area (Å²) in [5.41, 5.74) is 1.36. The first-order valence-corrected chi connectivity index (χ1v) is 6.11. The first-order chi connectivity index (χ1) is 8.35. The zero-order chi connectivity index (χ0) is 12.1. The molecule has 0 heterocycles. The number of hydrogen-bond donors (Lipinski definition) is 1. The average Bonchev–Trinajstić information content (AvgIpc) is 2.39. The minimum Gasteiger partial charge on any atom is -0.320 e. The highest BCUT2D eigenvalue weighted by molar-refractivity contribution is 5.83. The Morgan fingerprint density at radius 3 is 2.65 bits per heavy atom. The van der Waals surface area contributed by atoms with Crippen LogP contribution in [0.3, 0.4) is 0 Å². The van der Waals surface area contributed by atoms with Crippen LogP contribution in [0.5, 0.6) is 0 Å². The van der Waals surface area contributed by atoms with E-state index in [0.29, 0.717) is 5.92 Å². The molecular formula is C16H19N. The average molecular weight is 225 g/mol. The van der Waals surface area contributed by atoms with Crippen LogP contribution in [0.15, 0.2) is 55.1 Å². The zero-order valence-corrected chi connectivity index (χ0v) is 10.3. The van der Waals surface area contributed by atoms with Gasteiger partial charge < -0.3 is 5.32 Å². The van der Waals surface area contributed by atoms with Gasteiger partial charge >= 0.3 is 0 Å². The largest absolute Gasteiger partial charge is 0.320 e. The molecule has 0 fully saturated rings. The fourth-order valence-electron chi connectivity index (χ4n) is 2.16. The predicted molar refractivity (Wildman–Crippen MR) is 75.4 cm³/mol. The standard InChI is InChI=1S/C16H19N/c1-3-13(10-11-17-2)16-9-8-14-6-4-5-7-15(14)12-16/h3-9,12-13,17H,1,10-11H2,2H3. The van der Waals surface area contributed by atoms with E-state index in [1.807, 2.05) is 13.1 Å².